The number of rotatable bonds is 4. The maximum atomic E-state index is 13.6. The average molecular weight is 453 g/mol. The highest BCUT2D eigenvalue weighted by molar-refractivity contribution is 6.30. The Kier molecular flexibility index (Phi) is 6.15. The highest BCUT2D eigenvalue weighted by Gasteiger charge is 2.34. The molecule has 164 valence electrons. The fourth-order valence-corrected chi connectivity index (χ4v) is 3.97. The van der Waals surface area contributed by atoms with Crippen LogP contribution in [0.4, 0.5) is 10.1 Å². The van der Waals surface area contributed by atoms with Gasteiger partial charge in [0.2, 0.25) is 5.91 Å². The Labute approximate surface area is 190 Å². The van der Waals surface area contributed by atoms with Gasteiger partial charge in [0.1, 0.15) is 18.1 Å². The minimum Gasteiger partial charge on any atom is -0.491 e. The van der Waals surface area contributed by atoms with Crippen molar-refractivity contribution in [1.82, 2.24) is 4.90 Å². The summed E-state index contributed by atoms with van der Waals surface area (Å²) >= 11 is 6.26. The molecule has 1 aliphatic heterocycles. The lowest BCUT2D eigenvalue weighted by molar-refractivity contribution is -0.117. The maximum absolute atomic E-state index is 13.6. The molecule has 0 saturated carbocycles. The summed E-state index contributed by atoms with van der Waals surface area (Å²) in [7, 11) is 0. The van der Waals surface area contributed by atoms with Crippen LogP contribution in [0.5, 0.6) is 5.75 Å². The third kappa shape index (κ3) is 4.60. The van der Waals surface area contributed by atoms with Crippen molar-refractivity contribution >= 4 is 29.1 Å². The second-order valence-corrected chi connectivity index (χ2v) is 8.29. The Hall–Kier alpha value is -3.38. The first-order valence-corrected chi connectivity index (χ1v) is 10.6. The van der Waals surface area contributed by atoms with Gasteiger partial charge in [0.15, 0.2) is 0 Å². The summed E-state index contributed by atoms with van der Waals surface area (Å²) in [4.78, 5) is 27.7. The molecule has 0 aromatic heterocycles. The SMILES string of the molecule is CC(C)Oc1ccc(C(=O)N2CC(=O)Nc3ccc(Cl)cc3[C@@H]2c2ccc(F)cc2)cc1. The predicted molar refractivity (Wildman–Crippen MR) is 122 cm³/mol. The minimum atomic E-state index is -0.637. The number of nitrogens with zero attached hydrogens (tertiary/aromatic N) is 1. The van der Waals surface area contributed by atoms with Crippen molar-refractivity contribution in [2.45, 2.75) is 26.0 Å². The van der Waals surface area contributed by atoms with Gasteiger partial charge in [0.25, 0.3) is 5.91 Å². The number of benzene rings is 3. The van der Waals surface area contributed by atoms with Crippen molar-refractivity contribution < 1.29 is 18.7 Å². The lowest BCUT2D eigenvalue weighted by Crippen LogP contribution is -2.39. The van der Waals surface area contributed by atoms with E-state index in [1.54, 1.807) is 54.6 Å². The van der Waals surface area contributed by atoms with E-state index in [0.29, 0.717) is 33.1 Å². The zero-order chi connectivity index (χ0) is 22.8. The summed E-state index contributed by atoms with van der Waals surface area (Å²) in [5.41, 5.74) is 2.29. The van der Waals surface area contributed by atoms with Gasteiger partial charge >= 0.3 is 0 Å². The lowest BCUT2D eigenvalue weighted by atomic mass is 9.95. The van der Waals surface area contributed by atoms with E-state index in [2.05, 4.69) is 5.32 Å². The van der Waals surface area contributed by atoms with Crippen molar-refractivity contribution in [3.8, 4) is 5.75 Å². The molecule has 5 nitrogen and oxygen atoms in total. The molecule has 7 heteroatoms. The number of carbonyl (C=O) groups is 2. The average Bonchev–Trinajstić information content (AvgIpc) is 2.90. The van der Waals surface area contributed by atoms with Gasteiger partial charge in [-0.05, 0) is 74.0 Å². The highest BCUT2D eigenvalue weighted by atomic mass is 35.5. The number of fused-ring (bicyclic) bond motifs is 1. The van der Waals surface area contributed by atoms with E-state index >= 15 is 0 Å². The van der Waals surface area contributed by atoms with Gasteiger partial charge in [-0.3, -0.25) is 9.59 Å². The molecule has 0 spiro atoms. The molecule has 3 aromatic carbocycles. The first kappa shape index (κ1) is 21.8. The van der Waals surface area contributed by atoms with Gasteiger partial charge in [-0.15, -0.1) is 0 Å². The summed E-state index contributed by atoms with van der Waals surface area (Å²) < 4.78 is 19.3. The third-order valence-electron chi connectivity index (χ3n) is 5.13. The molecule has 0 bridgehead atoms. The molecule has 0 aliphatic carbocycles. The van der Waals surface area contributed by atoms with Gasteiger partial charge in [0.05, 0.1) is 12.1 Å². The van der Waals surface area contributed by atoms with Crippen molar-refractivity contribution in [3.63, 3.8) is 0 Å². The third-order valence-corrected chi connectivity index (χ3v) is 5.36. The number of carbonyl (C=O) groups excluding carboxylic acids is 2. The van der Waals surface area contributed by atoms with Crippen LogP contribution in [0.15, 0.2) is 66.7 Å². The molecular weight excluding hydrogens is 431 g/mol. The monoisotopic (exact) mass is 452 g/mol. The van der Waals surface area contributed by atoms with Gasteiger partial charge in [-0.2, -0.15) is 0 Å². The van der Waals surface area contributed by atoms with E-state index in [1.165, 1.54) is 17.0 Å². The summed E-state index contributed by atoms with van der Waals surface area (Å²) in [6.07, 6.45) is 0.00922. The first-order chi connectivity index (χ1) is 15.3. The van der Waals surface area contributed by atoms with Crippen LogP contribution in [-0.4, -0.2) is 29.4 Å². The minimum absolute atomic E-state index is 0.00922. The smallest absolute Gasteiger partial charge is 0.255 e. The van der Waals surface area contributed by atoms with Crippen molar-refractivity contribution in [2.75, 3.05) is 11.9 Å². The fraction of sp³-hybridized carbons (Fsp3) is 0.200. The van der Waals surface area contributed by atoms with Crippen LogP contribution in [-0.2, 0) is 4.79 Å². The molecule has 32 heavy (non-hydrogen) atoms. The zero-order valence-corrected chi connectivity index (χ0v) is 18.4. The van der Waals surface area contributed by atoms with Crippen molar-refractivity contribution in [2.24, 2.45) is 0 Å². The molecule has 0 unspecified atom stereocenters. The molecular formula is C25H22ClFN2O3. The second kappa shape index (κ2) is 9.01. The highest BCUT2D eigenvalue weighted by Crippen LogP contribution is 2.38. The Morgan fingerprint density at radius 3 is 2.44 bits per heavy atom. The molecule has 1 atom stereocenters. The molecule has 1 aliphatic rings. The van der Waals surface area contributed by atoms with Gasteiger partial charge in [0, 0.05) is 21.8 Å². The van der Waals surface area contributed by atoms with E-state index in [-0.39, 0.29) is 30.3 Å². The van der Waals surface area contributed by atoms with Crippen LogP contribution < -0.4 is 10.1 Å². The van der Waals surface area contributed by atoms with Crippen molar-refractivity contribution in [3.05, 3.63) is 94.3 Å². The summed E-state index contributed by atoms with van der Waals surface area (Å²) in [6.45, 7) is 3.67. The summed E-state index contributed by atoms with van der Waals surface area (Å²) in [6, 6.07) is 17.1. The van der Waals surface area contributed by atoms with E-state index < -0.39 is 6.04 Å². The molecule has 1 heterocycles. The zero-order valence-electron chi connectivity index (χ0n) is 17.6. The van der Waals surface area contributed by atoms with Crippen LogP contribution in [0.1, 0.15) is 41.4 Å². The quantitative estimate of drug-likeness (QED) is 0.572. The number of hydrogen-bond donors (Lipinski definition) is 1. The molecule has 0 radical (unpaired) electrons. The second-order valence-electron chi connectivity index (χ2n) is 7.86. The van der Waals surface area contributed by atoms with E-state index in [1.807, 2.05) is 13.8 Å². The van der Waals surface area contributed by atoms with Crippen molar-refractivity contribution in [1.29, 1.82) is 0 Å². The predicted octanol–water partition coefficient (Wildman–Crippen LogP) is 5.45. The van der Waals surface area contributed by atoms with Gasteiger partial charge in [-0.1, -0.05) is 23.7 Å². The Balaban J connectivity index is 1.79. The number of ether oxygens (including phenoxy) is 1. The normalized spacial score (nSPS) is 15.7. The van der Waals surface area contributed by atoms with E-state index in [0.717, 1.165) is 0 Å². The lowest BCUT2D eigenvalue weighted by Gasteiger charge is -2.31. The number of amides is 2. The molecule has 0 saturated heterocycles. The Bertz CT molecular complexity index is 1150. The first-order valence-electron chi connectivity index (χ1n) is 10.2. The van der Waals surface area contributed by atoms with E-state index in [9.17, 15) is 14.0 Å². The molecule has 2 amide bonds. The Morgan fingerprint density at radius 1 is 1.09 bits per heavy atom. The van der Waals surface area contributed by atoms with Crippen LogP contribution in [0, 0.1) is 5.82 Å². The van der Waals surface area contributed by atoms with Crippen LogP contribution in [0.25, 0.3) is 0 Å². The fourth-order valence-electron chi connectivity index (χ4n) is 3.78. The maximum Gasteiger partial charge on any atom is 0.255 e. The van der Waals surface area contributed by atoms with Crippen LogP contribution in [0.2, 0.25) is 5.02 Å². The summed E-state index contributed by atoms with van der Waals surface area (Å²) in [5, 5.41) is 3.31. The van der Waals surface area contributed by atoms with Crippen LogP contribution >= 0.6 is 11.6 Å². The van der Waals surface area contributed by atoms with Gasteiger partial charge in [-0.25, -0.2) is 4.39 Å². The molecule has 3 aromatic rings. The number of anilines is 1. The molecule has 0 fully saturated rings. The largest absolute Gasteiger partial charge is 0.491 e. The molecule has 1 N–H and O–H groups in total. The van der Waals surface area contributed by atoms with E-state index in [4.69, 9.17) is 16.3 Å². The standard InChI is InChI=1S/C25H22ClFN2O3/c1-15(2)32-20-10-5-17(6-11-20)25(31)29-14-23(30)28-22-12-7-18(26)13-21(22)24(29)16-3-8-19(27)9-4-16/h3-13,15,24H,14H2,1-2H3,(H,28,30)/t24-/m0/s1. The number of nitrogens with one attached hydrogen (secondary N) is 1. The number of halogens is 2. The Morgan fingerprint density at radius 2 is 1.78 bits per heavy atom. The molecule has 4 rings (SSSR count). The topological polar surface area (TPSA) is 58.6 Å². The number of hydrogen-bond acceptors (Lipinski definition) is 3. The summed E-state index contributed by atoms with van der Waals surface area (Å²) in [5.74, 6) is -0.399. The van der Waals surface area contributed by atoms with Crippen LogP contribution in [0.3, 0.4) is 0 Å². The van der Waals surface area contributed by atoms with Gasteiger partial charge < -0.3 is 15.0 Å².